The summed E-state index contributed by atoms with van der Waals surface area (Å²) in [6.07, 6.45) is 2.14. The predicted octanol–water partition coefficient (Wildman–Crippen LogP) is 2.96. The van der Waals surface area contributed by atoms with E-state index in [0.717, 1.165) is 12.1 Å². The molecule has 0 fully saturated rings. The molecule has 0 spiro atoms. The summed E-state index contributed by atoms with van der Waals surface area (Å²) in [5.74, 6) is -1.83. The Bertz CT molecular complexity index is 411. The maximum atomic E-state index is 12.8. The SMILES string of the molecule is CNC.O=C/C(=C/c1ccc(F)c(F)c1)SCS. The van der Waals surface area contributed by atoms with Crippen LogP contribution < -0.4 is 5.32 Å². The van der Waals surface area contributed by atoms with Crippen molar-refractivity contribution in [2.24, 2.45) is 0 Å². The van der Waals surface area contributed by atoms with E-state index in [-0.39, 0.29) is 0 Å². The average Bonchev–Trinajstić information content (AvgIpc) is 2.34. The van der Waals surface area contributed by atoms with Gasteiger partial charge in [-0.05, 0) is 37.9 Å². The lowest BCUT2D eigenvalue weighted by Crippen LogP contribution is -1.89. The quantitative estimate of drug-likeness (QED) is 0.387. The van der Waals surface area contributed by atoms with E-state index in [1.165, 1.54) is 23.9 Å². The molecule has 0 amide bonds. The summed E-state index contributed by atoms with van der Waals surface area (Å²) in [5, 5.41) is 3.20. The zero-order chi connectivity index (χ0) is 14.0. The molecule has 0 saturated carbocycles. The van der Waals surface area contributed by atoms with E-state index in [0.29, 0.717) is 21.8 Å². The fraction of sp³-hybridized carbons (Fsp3) is 0.250. The van der Waals surface area contributed by atoms with Crippen LogP contribution in [0.4, 0.5) is 8.78 Å². The molecule has 0 aliphatic carbocycles. The first-order chi connectivity index (χ1) is 8.58. The molecule has 1 N–H and O–H groups in total. The first-order valence-corrected chi connectivity index (χ1v) is 6.64. The number of halogens is 2. The van der Waals surface area contributed by atoms with Crippen LogP contribution in [0.1, 0.15) is 5.56 Å². The lowest BCUT2D eigenvalue weighted by atomic mass is 10.2. The van der Waals surface area contributed by atoms with Crippen molar-refractivity contribution in [3.05, 3.63) is 40.3 Å². The van der Waals surface area contributed by atoms with E-state index in [9.17, 15) is 13.6 Å². The van der Waals surface area contributed by atoms with Gasteiger partial charge in [0, 0.05) is 9.99 Å². The monoisotopic (exact) mass is 291 g/mol. The average molecular weight is 291 g/mol. The van der Waals surface area contributed by atoms with Crippen LogP contribution in [0.2, 0.25) is 0 Å². The number of allylic oxidation sites excluding steroid dienone is 1. The third-order valence-electron chi connectivity index (χ3n) is 1.60. The maximum absolute atomic E-state index is 12.8. The number of nitrogens with one attached hydrogen (secondary N) is 1. The molecule has 18 heavy (non-hydrogen) atoms. The Morgan fingerprint density at radius 2 is 2.00 bits per heavy atom. The third kappa shape index (κ3) is 6.78. The Kier molecular flexibility index (Phi) is 9.63. The van der Waals surface area contributed by atoms with Gasteiger partial charge in [0.25, 0.3) is 0 Å². The minimum absolute atomic E-state index is 0.427. The van der Waals surface area contributed by atoms with Crippen LogP contribution in [0.15, 0.2) is 23.1 Å². The van der Waals surface area contributed by atoms with Crippen molar-refractivity contribution >= 4 is 36.8 Å². The molecule has 0 aliphatic rings. The Morgan fingerprint density at radius 1 is 1.39 bits per heavy atom. The molecule has 2 nitrogen and oxygen atoms in total. The van der Waals surface area contributed by atoms with Crippen LogP contribution in [-0.2, 0) is 4.79 Å². The van der Waals surface area contributed by atoms with Gasteiger partial charge in [-0.1, -0.05) is 6.07 Å². The molecule has 0 atom stereocenters. The standard InChI is InChI=1S/C10H8F2OS2.C2H7N/c11-9-2-1-7(4-10(9)12)3-8(5-13)15-6-14;1-3-2/h1-5,14H,6H2;3H,1-2H3/b8-3-;. The van der Waals surface area contributed by atoms with E-state index in [2.05, 4.69) is 17.9 Å². The fourth-order valence-electron chi connectivity index (χ4n) is 0.951. The molecule has 1 rings (SSSR count). The van der Waals surface area contributed by atoms with Gasteiger partial charge in [0.15, 0.2) is 17.9 Å². The second-order valence-corrected chi connectivity index (χ2v) is 4.90. The van der Waals surface area contributed by atoms with Gasteiger partial charge in [-0.2, -0.15) is 12.6 Å². The number of hydrogen-bond acceptors (Lipinski definition) is 4. The number of aldehydes is 1. The topological polar surface area (TPSA) is 29.1 Å². The van der Waals surface area contributed by atoms with Crippen molar-refractivity contribution in [2.75, 3.05) is 19.2 Å². The molecule has 0 bridgehead atoms. The highest BCUT2D eigenvalue weighted by Gasteiger charge is 2.02. The number of hydrogen-bond donors (Lipinski definition) is 2. The van der Waals surface area contributed by atoms with E-state index < -0.39 is 11.6 Å². The zero-order valence-corrected chi connectivity index (χ0v) is 11.8. The lowest BCUT2D eigenvalue weighted by molar-refractivity contribution is -0.104. The molecule has 1 aromatic carbocycles. The molecule has 0 unspecified atom stereocenters. The third-order valence-corrected chi connectivity index (χ3v) is 2.66. The molecule has 0 saturated heterocycles. The lowest BCUT2D eigenvalue weighted by Gasteiger charge is -1.98. The number of carbonyl (C=O) groups is 1. The number of benzene rings is 1. The van der Waals surface area contributed by atoms with Gasteiger partial charge in [0.1, 0.15) is 0 Å². The Balaban J connectivity index is 0.000000873. The van der Waals surface area contributed by atoms with Crippen molar-refractivity contribution in [1.29, 1.82) is 0 Å². The van der Waals surface area contributed by atoms with Crippen LogP contribution in [0.5, 0.6) is 0 Å². The smallest absolute Gasteiger partial charge is 0.159 e. The van der Waals surface area contributed by atoms with E-state index in [1.54, 1.807) is 0 Å². The van der Waals surface area contributed by atoms with Crippen molar-refractivity contribution in [3.63, 3.8) is 0 Å². The molecule has 0 aromatic heterocycles. The van der Waals surface area contributed by atoms with Gasteiger partial charge >= 0.3 is 0 Å². The minimum Gasteiger partial charge on any atom is -0.323 e. The highest BCUT2D eigenvalue weighted by atomic mass is 32.2. The van der Waals surface area contributed by atoms with E-state index >= 15 is 0 Å². The first kappa shape index (κ1) is 17.2. The molecule has 0 heterocycles. The molecule has 0 aliphatic heterocycles. The largest absolute Gasteiger partial charge is 0.323 e. The highest BCUT2D eigenvalue weighted by Crippen LogP contribution is 2.19. The van der Waals surface area contributed by atoms with E-state index in [1.807, 2.05) is 14.1 Å². The summed E-state index contributed by atoms with van der Waals surface area (Å²) in [7, 11) is 3.75. The van der Waals surface area contributed by atoms with Crippen LogP contribution in [-0.4, -0.2) is 25.5 Å². The van der Waals surface area contributed by atoms with Crippen LogP contribution in [0.25, 0.3) is 6.08 Å². The van der Waals surface area contributed by atoms with Crippen molar-refractivity contribution in [3.8, 4) is 0 Å². The summed E-state index contributed by atoms with van der Waals surface area (Å²) in [6.45, 7) is 0. The molecule has 0 radical (unpaired) electrons. The second kappa shape index (κ2) is 10.1. The normalized spacial score (nSPS) is 10.6. The Hall–Kier alpha value is -0.850. The van der Waals surface area contributed by atoms with Gasteiger partial charge in [-0.15, -0.1) is 11.8 Å². The molecule has 100 valence electrons. The van der Waals surface area contributed by atoms with Crippen molar-refractivity contribution in [1.82, 2.24) is 5.32 Å². The van der Waals surface area contributed by atoms with Crippen LogP contribution >= 0.6 is 24.4 Å². The van der Waals surface area contributed by atoms with Gasteiger partial charge < -0.3 is 5.32 Å². The summed E-state index contributed by atoms with van der Waals surface area (Å²) in [5.41, 5.74) is 0.449. The summed E-state index contributed by atoms with van der Waals surface area (Å²) >= 11 is 5.17. The summed E-state index contributed by atoms with van der Waals surface area (Å²) in [6, 6.07) is 3.47. The summed E-state index contributed by atoms with van der Waals surface area (Å²) in [4.78, 5) is 11.0. The number of thiol groups is 1. The van der Waals surface area contributed by atoms with Gasteiger partial charge in [0.05, 0.1) is 0 Å². The fourth-order valence-corrected chi connectivity index (χ4v) is 1.83. The number of thioether (sulfide) groups is 1. The maximum Gasteiger partial charge on any atom is 0.159 e. The molecular formula is C12H15F2NOS2. The zero-order valence-electron chi connectivity index (χ0n) is 10.1. The molecular weight excluding hydrogens is 276 g/mol. The number of carbonyl (C=O) groups excluding carboxylic acids is 1. The van der Waals surface area contributed by atoms with Crippen molar-refractivity contribution in [2.45, 2.75) is 0 Å². The number of rotatable bonds is 4. The molecule has 6 heteroatoms. The van der Waals surface area contributed by atoms with Crippen LogP contribution in [0.3, 0.4) is 0 Å². The van der Waals surface area contributed by atoms with Crippen LogP contribution in [0, 0.1) is 11.6 Å². The Morgan fingerprint density at radius 3 is 2.44 bits per heavy atom. The Labute approximate surface area is 115 Å². The second-order valence-electron chi connectivity index (χ2n) is 3.11. The first-order valence-electron chi connectivity index (χ1n) is 5.03. The van der Waals surface area contributed by atoms with Gasteiger partial charge in [-0.3, -0.25) is 4.79 Å². The summed E-state index contributed by atoms with van der Waals surface area (Å²) < 4.78 is 25.4. The minimum atomic E-state index is -0.926. The van der Waals surface area contributed by atoms with E-state index in [4.69, 9.17) is 0 Å². The van der Waals surface area contributed by atoms with Crippen molar-refractivity contribution < 1.29 is 13.6 Å². The predicted molar refractivity (Wildman–Crippen MR) is 76.8 cm³/mol. The van der Waals surface area contributed by atoms with Gasteiger partial charge in [-0.25, -0.2) is 8.78 Å². The molecule has 1 aromatic rings. The van der Waals surface area contributed by atoms with Gasteiger partial charge in [0.2, 0.25) is 0 Å². The highest BCUT2D eigenvalue weighted by molar-refractivity contribution is 8.12.